The van der Waals surface area contributed by atoms with Crippen LogP contribution in [0, 0.1) is 0 Å². The van der Waals surface area contributed by atoms with Crippen molar-refractivity contribution in [3.8, 4) is 0 Å². The Labute approximate surface area is 57.6 Å². The highest BCUT2D eigenvalue weighted by Gasteiger charge is 2.32. The third-order valence-corrected chi connectivity index (χ3v) is 1.85. The van der Waals surface area contributed by atoms with E-state index in [1.165, 1.54) is 10.8 Å². The molecule has 1 aliphatic heterocycles. The lowest BCUT2D eigenvalue weighted by molar-refractivity contribution is 0.376. The molecule has 1 fully saturated rings. The van der Waals surface area contributed by atoms with Crippen LogP contribution in [0.15, 0.2) is 0 Å². The molecule has 42 valence electrons. The van der Waals surface area contributed by atoms with Gasteiger partial charge in [0.25, 0.3) is 0 Å². The van der Waals surface area contributed by atoms with E-state index in [2.05, 4.69) is 29.5 Å². The maximum atomic E-state index is 5.15. The Kier molecular flexibility index (Phi) is 1.92. The molecular weight excluding hydrogens is 203 g/mol. The molecule has 1 rings (SSSR count). The number of halogens is 1. The molecule has 1 saturated heterocycles. The van der Waals surface area contributed by atoms with Crippen LogP contribution in [0.2, 0.25) is 0 Å². The molecule has 1 heterocycles. The Morgan fingerprint density at radius 1 is 1.71 bits per heavy atom. The van der Waals surface area contributed by atoms with Crippen molar-refractivity contribution in [1.29, 1.82) is 0 Å². The highest BCUT2D eigenvalue weighted by Crippen LogP contribution is 2.24. The summed E-state index contributed by atoms with van der Waals surface area (Å²) in [6.07, 6.45) is 2.41. The number of rotatable bonds is 2. The number of epoxide rings is 1. The first-order valence-electron chi connectivity index (χ1n) is 2.56. The molecule has 0 bridgehead atoms. The second-order valence-corrected chi connectivity index (χ2v) is 2.94. The van der Waals surface area contributed by atoms with Crippen LogP contribution < -0.4 is 0 Å². The van der Waals surface area contributed by atoms with Crippen molar-refractivity contribution in [2.24, 2.45) is 0 Å². The van der Waals surface area contributed by atoms with Gasteiger partial charge in [-0.15, -0.1) is 0 Å². The molecular formula is C5H9IO. The smallest absolute Gasteiger partial charge is 0.0846 e. The van der Waals surface area contributed by atoms with Crippen LogP contribution in [0.3, 0.4) is 0 Å². The standard InChI is InChI=1S/C5H9IO/c1-4-5(7-4)2-3-6/h4-5H,2-3H2,1H3. The van der Waals surface area contributed by atoms with Crippen LogP contribution in [-0.4, -0.2) is 16.6 Å². The minimum absolute atomic E-state index is 0.565. The van der Waals surface area contributed by atoms with Gasteiger partial charge >= 0.3 is 0 Å². The molecule has 0 N–H and O–H groups in total. The van der Waals surface area contributed by atoms with E-state index in [1.54, 1.807) is 0 Å². The molecule has 0 aromatic carbocycles. The van der Waals surface area contributed by atoms with Gasteiger partial charge < -0.3 is 4.74 Å². The van der Waals surface area contributed by atoms with E-state index < -0.39 is 0 Å². The van der Waals surface area contributed by atoms with Gasteiger partial charge in [-0.25, -0.2) is 0 Å². The lowest BCUT2D eigenvalue weighted by Gasteiger charge is -1.80. The summed E-state index contributed by atoms with van der Waals surface area (Å²) in [7, 11) is 0. The second-order valence-electron chi connectivity index (χ2n) is 1.86. The molecule has 7 heavy (non-hydrogen) atoms. The first-order valence-corrected chi connectivity index (χ1v) is 4.08. The van der Waals surface area contributed by atoms with Gasteiger partial charge in [0.05, 0.1) is 12.2 Å². The molecule has 0 aromatic rings. The zero-order chi connectivity index (χ0) is 5.28. The Bertz CT molecular complexity index is 65.1. The van der Waals surface area contributed by atoms with Crippen molar-refractivity contribution in [1.82, 2.24) is 0 Å². The Morgan fingerprint density at radius 2 is 2.29 bits per heavy atom. The van der Waals surface area contributed by atoms with Crippen molar-refractivity contribution in [2.45, 2.75) is 25.6 Å². The average molecular weight is 212 g/mol. The van der Waals surface area contributed by atoms with Gasteiger partial charge in [0, 0.05) is 4.43 Å². The summed E-state index contributed by atoms with van der Waals surface area (Å²) in [5, 5.41) is 0. The maximum Gasteiger partial charge on any atom is 0.0846 e. The highest BCUT2D eigenvalue weighted by molar-refractivity contribution is 14.1. The molecule has 1 aliphatic rings. The predicted octanol–water partition coefficient (Wildman–Crippen LogP) is 1.60. The lowest BCUT2D eigenvalue weighted by atomic mass is 10.3. The third-order valence-electron chi connectivity index (χ3n) is 1.23. The number of hydrogen-bond donors (Lipinski definition) is 0. The van der Waals surface area contributed by atoms with Gasteiger partial charge in [0.1, 0.15) is 0 Å². The fourth-order valence-corrected chi connectivity index (χ4v) is 1.25. The fraction of sp³-hybridized carbons (Fsp3) is 1.00. The van der Waals surface area contributed by atoms with E-state index in [9.17, 15) is 0 Å². The summed E-state index contributed by atoms with van der Waals surface area (Å²) in [5.74, 6) is 0. The minimum Gasteiger partial charge on any atom is -0.370 e. The second kappa shape index (κ2) is 2.31. The van der Waals surface area contributed by atoms with Gasteiger partial charge in [0.15, 0.2) is 0 Å². The fourth-order valence-electron chi connectivity index (χ4n) is 0.641. The quantitative estimate of drug-likeness (QED) is 0.384. The maximum absolute atomic E-state index is 5.15. The van der Waals surface area contributed by atoms with Crippen LogP contribution in [0.1, 0.15) is 13.3 Å². The van der Waals surface area contributed by atoms with Crippen LogP contribution >= 0.6 is 22.6 Å². The highest BCUT2D eigenvalue weighted by atomic mass is 127. The first kappa shape index (κ1) is 5.82. The molecule has 0 aliphatic carbocycles. The summed E-state index contributed by atoms with van der Waals surface area (Å²) in [6.45, 7) is 2.12. The van der Waals surface area contributed by atoms with E-state index >= 15 is 0 Å². The Morgan fingerprint density at radius 3 is 2.43 bits per heavy atom. The zero-order valence-corrected chi connectivity index (χ0v) is 6.51. The van der Waals surface area contributed by atoms with E-state index in [0.717, 1.165) is 0 Å². The van der Waals surface area contributed by atoms with Gasteiger partial charge in [-0.05, 0) is 13.3 Å². The Hall–Kier alpha value is 0.690. The van der Waals surface area contributed by atoms with Crippen molar-refractivity contribution in [2.75, 3.05) is 4.43 Å². The van der Waals surface area contributed by atoms with Crippen molar-refractivity contribution in [3.63, 3.8) is 0 Å². The van der Waals surface area contributed by atoms with Crippen LogP contribution in [0.5, 0.6) is 0 Å². The molecule has 0 spiro atoms. The van der Waals surface area contributed by atoms with Gasteiger partial charge in [-0.3, -0.25) is 0 Å². The largest absolute Gasteiger partial charge is 0.370 e. The molecule has 0 saturated carbocycles. The van der Waals surface area contributed by atoms with Crippen molar-refractivity contribution >= 4 is 22.6 Å². The molecule has 1 nitrogen and oxygen atoms in total. The molecule has 0 aromatic heterocycles. The molecule has 2 unspecified atom stereocenters. The lowest BCUT2D eigenvalue weighted by Crippen LogP contribution is -1.87. The van der Waals surface area contributed by atoms with E-state index in [4.69, 9.17) is 4.74 Å². The van der Waals surface area contributed by atoms with Crippen LogP contribution in [0.4, 0.5) is 0 Å². The van der Waals surface area contributed by atoms with Crippen molar-refractivity contribution < 1.29 is 4.74 Å². The summed E-state index contributed by atoms with van der Waals surface area (Å²) < 4.78 is 6.38. The topological polar surface area (TPSA) is 12.5 Å². The molecule has 2 atom stereocenters. The number of ether oxygens (including phenoxy) is 1. The van der Waals surface area contributed by atoms with E-state index in [0.29, 0.717) is 12.2 Å². The SMILES string of the molecule is CC1OC1CCI. The van der Waals surface area contributed by atoms with Crippen LogP contribution in [-0.2, 0) is 4.74 Å². The zero-order valence-electron chi connectivity index (χ0n) is 4.36. The molecule has 0 amide bonds. The van der Waals surface area contributed by atoms with Gasteiger partial charge in [0.2, 0.25) is 0 Å². The summed E-state index contributed by atoms with van der Waals surface area (Å²) >= 11 is 2.37. The van der Waals surface area contributed by atoms with Crippen LogP contribution in [0.25, 0.3) is 0 Å². The summed E-state index contributed by atoms with van der Waals surface area (Å²) in [6, 6.07) is 0. The number of hydrogen-bond acceptors (Lipinski definition) is 1. The van der Waals surface area contributed by atoms with Gasteiger partial charge in [-0.1, -0.05) is 22.6 Å². The molecule has 0 radical (unpaired) electrons. The monoisotopic (exact) mass is 212 g/mol. The first-order chi connectivity index (χ1) is 3.34. The third kappa shape index (κ3) is 1.57. The molecule has 2 heteroatoms. The normalized spacial score (nSPS) is 38.6. The van der Waals surface area contributed by atoms with Gasteiger partial charge in [-0.2, -0.15) is 0 Å². The Balaban J connectivity index is 1.98. The summed E-state index contributed by atoms with van der Waals surface area (Å²) in [5.41, 5.74) is 0. The van der Waals surface area contributed by atoms with E-state index in [1.807, 2.05) is 0 Å². The average Bonchev–Trinajstić information content (AvgIpc) is 2.22. The van der Waals surface area contributed by atoms with E-state index in [-0.39, 0.29) is 0 Å². The minimum atomic E-state index is 0.565. The number of alkyl halides is 1. The summed E-state index contributed by atoms with van der Waals surface area (Å²) in [4.78, 5) is 0. The van der Waals surface area contributed by atoms with Crippen molar-refractivity contribution in [3.05, 3.63) is 0 Å². The predicted molar refractivity (Wildman–Crippen MR) is 37.8 cm³/mol.